The Hall–Kier alpha value is -0.380. The fourth-order valence-corrected chi connectivity index (χ4v) is 1.71. The standard InChI is InChI=1S/C11H16BrNO/c1-7-4-5-8(12)6-9(7)10(13)11(2,3)14/h4-6,10,14H,13H2,1-3H3. The summed E-state index contributed by atoms with van der Waals surface area (Å²) in [7, 11) is 0. The first-order valence-electron chi connectivity index (χ1n) is 4.56. The molecule has 0 bridgehead atoms. The minimum atomic E-state index is -0.897. The second-order valence-electron chi connectivity index (χ2n) is 4.13. The Morgan fingerprint density at radius 3 is 2.50 bits per heavy atom. The van der Waals surface area contributed by atoms with Crippen molar-refractivity contribution >= 4 is 15.9 Å². The van der Waals surface area contributed by atoms with E-state index in [-0.39, 0.29) is 6.04 Å². The molecule has 14 heavy (non-hydrogen) atoms. The van der Waals surface area contributed by atoms with E-state index in [1.807, 2.05) is 25.1 Å². The van der Waals surface area contributed by atoms with Crippen LogP contribution in [-0.4, -0.2) is 10.7 Å². The lowest BCUT2D eigenvalue weighted by atomic mass is 9.90. The maximum atomic E-state index is 9.81. The molecule has 78 valence electrons. The Labute approximate surface area is 93.3 Å². The summed E-state index contributed by atoms with van der Waals surface area (Å²) in [5.74, 6) is 0. The number of halogens is 1. The van der Waals surface area contributed by atoms with Crippen LogP contribution in [0.15, 0.2) is 22.7 Å². The highest BCUT2D eigenvalue weighted by Crippen LogP contribution is 2.27. The zero-order chi connectivity index (χ0) is 10.9. The molecule has 1 rings (SSSR count). The second kappa shape index (κ2) is 4.01. The topological polar surface area (TPSA) is 46.2 Å². The fourth-order valence-electron chi connectivity index (χ4n) is 1.33. The van der Waals surface area contributed by atoms with Crippen LogP contribution < -0.4 is 5.73 Å². The molecule has 0 spiro atoms. The van der Waals surface area contributed by atoms with Gasteiger partial charge in [-0.05, 0) is 44.0 Å². The first-order chi connectivity index (χ1) is 6.32. The molecule has 0 fully saturated rings. The van der Waals surface area contributed by atoms with E-state index in [9.17, 15) is 5.11 Å². The van der Waals surface area contributed by atoms with Crippen molar-refractivity contribution in [2.45, 2.75) is 32.4 Å². The van der Waals surface area contributed by atoms with Gasteiger partial charge in [-0.2, -0.15) is 0 Å². The molecule has 0 saturated heterocycles. The smallest absolute Gasteiger partial charge is 0.0783 e. The molecule has 0 aliphatic heterocycles. The Morgan fingerprint density at radius 1 is 1.43 bits per heavy atom. The summed E-state index contributed by atoms with van der Waals surface area (Å²) >= 11 is 3.39. The SMILES string of the molecule is Cc1ccc(Br)cc1C(N)C(C)(C)O. The van der Waals surface area contributed by atoms with Gasteiger partial charge in [0.25, 0.3) is 0 Å². The van der Waals surface area contributed by atoms with Gasteiger partial charge in [-0.15, -0.1) is 0 Å². The molecule has 0 saturated carbocycles. The van der Waals surface area contributed by atoms with Gasteiger partial charge >= 0.3 is 0 Å². The predicted molar refractivity (Wildman–Crippen MR) is 62.1 cm³/mol. The van der Waals surface area contributed by atoms with Crippen LogP contribution in [0, 0.1) is 6.92 Å². The third kappa shape index (κ3) is 2.56. The van der Waals surface area contributed by atoms with Crippen LogP contribution in [0.5, 0.6) is 0 Å². The maximum Gasteiger partial charge on any atom is 0.0783 e. The molecule has 0 heterocycles. The Morgan fingerprint density at radius 2 is 2.00 bits per heavy atom. The van der Waals surface area contributed by atoms with Crippen LogP contribution in [0.2, 0.25) is 0 Å². The molecule has 0 amide bonds. The molecule has 0 aliphatic rings. The number of aliphatic hydroxyl groups is 1. The van der Waals surface area contributed by atoms with Gasteiger partial charge in [0.2, 0.25) is 0 Å². The summed E-state index contributed by atoms with van der Waals surface area (Å²) in [6, 6.07) is 5.55. The normalized spacial score (nSPS) is 14.1. The highest BCUT2D eigenvalue weighted by Gasteiger charge is 2.25. The predicted octanol–water partition coefficient (Wildman–Crippen LogP) is 2.53. The van der Waals surface area contributed by atoms with E-state index in [1.165, 1.54) is 0 Å². The van der Waals surface area contributed by atoms with E-state index in [1.54, 1.807) is 13.8 Å². The number of hydrogen-bond donors (Lipinski definition) is 2. The molecular formula is C11H16BrNO. The number of benzene rings is 1. The first-order valence-corrected chi connectivity index (χ1v) is 5.35. The molecule has 3 N–H and O–H groups in total. The van der Waals surface area contributed by atoms with Crippen molar-refractivity contribution in [3.8, 4) is 0 Å². The van der Waals surface area contributed by atoms with Crippen molar-refractivity contribution in [3.63, 3.8) is 0 Å². The molecule has 1 atom stereocenters. The lowest BCUT2D eigenvalue weighted by molar-refractivity contribution is 0.0515. The monoisotopic (exact) mass is 257 g/mol. The van der Waals surface area contributed by atoms with Gasteiger partial charge in [-0.25, -0.2) is 0 Å². The summed E-state index contributed by atoms with van der Waals surface area (Å²) in [4.78, 5) is 0. The highest BCUT2D eigenvalue weighted by atomic mass is 79.9. The summed E-state index contributed by atoms with van der Waals surface area (Å²) < 4.78 is 0.984. The van der Waals surface area contributed by atoms with Crippen molar-refractivity contribution < 1.29 is 5.11 Å². The van der Waals surface area contributed by atoms with E-state index < -0.39 is 5.60 Å². The van der Waals surface area contributed by atoms with E-state index in [2.05, 4.69) is 15.9 Å². The van der Waals surface area contributed by atoms with Gasteiger partial charge in [0.1, 0.15) is 0 Å². The van der Waals surface area contributed by atoms with Crippen molar-refractivity contribution in [3.05, 3.63) is 33.8 Å². The zero-order valence-electron chi connectivity index (χ0n) is 8.71. The van der Waals surface area contributed by atoms with E-state index >= 15 is 0 Å². The van der Waals surface area contributed by atoms with E-state index in [0.29, 0.717) is 0 Å². The molecule has 0 radical (unpaired) electrons. The maximum absolute atomic E-state index is 9.81. The summed E-state index contributed by atoms with van der Waals surface area (Å²) in [5, 5.41) is 9.81. The van der Waals surface area contributed by atoms with Crippen LogP contribution in [0.4, 0.5) is 0 Å². The molecule has 1 aromatic carbocycles. The van der Waals surface area contributed by atoms with E-state index in [0.717, 1.165) is 15.6 Å². The summed E-state index contributed by atoms with van der Waals surface area (Å²) in [5.41, 5.74) is 7.15. The van der Waals surface area contributed by atoms with Gasteiger partial charge in [0.05, 0.1) is 11.6 Å². The summed E-state index contributed by atoms with van der Waals surface area (Å²) in [6.45, 7) is 5.43. The minimum Gasteiger partial charge on any atom is -0.388 e. The molecular weight excluding hydrogens is 242 g/mol. The van der Waals surface area contributed by atoms with Gasteiger partial charge < -0.3 is 10.8 Å². The van der Waals surface area contributed by atoms with Gasteiger partial charge in [-0.3, -0.25) is 0 Å². The molecule has 2 nitrogen and oxygen atoms in total. The van der Waals surface area contributed by atoms with Crippen molar-refractivity contribution in [1.82, 2.24) is 0 Å². The summed E-state index contributed by atoms with van der Waals surface area (Å²) in [6.07, 6.45) is 0. The van der Waals surface area contributed by atoms with Crippen LogP contribution >= 0.6 is 15.9 Å². The Bertz CT molecular complexity index is 331. The molecule has 3 heteroatoms. The third-order valence-electron chi connectivity index (χ3n) is 2.34. The lowest BCUT2D eigenvalue weighted by Crippen LogP contribution is -2.35. The number of nitrogens with two attached hydrogens (primary N) is 1. The van der Waals surface area contributed by atoms with Crippen molar-refractivity contribution in [2.75, 3.05) is 0 Å². The number of rotatable bonds is 2. The quantitative estimate of drug-likeness (QED) is 0.856. The van der Waals surface area contributed by atoms with Crippen LogP contribution in [0.1, 0.15) is 31.0 Å². The first kappa shape index (κ1) is 11.7. The molecule has 1 aromatic rings. The Balaban J connectivity index is 3.12. The average Bonchev–Trinajstić information content (AvgIpc) is 2.06. The second-order valence-corrected chi connectivity index (χ2v) is 5.05. The van der Waals surface area contributed by atoms with Crippen LogP contribution in [-0.2, 0) is 0 Å². The van der Waals surface area contributed by atoms with E-state index in [4.69, 9.17) is 5.73 Å². The average molecular weight is 258 g/mol. The molecule has 0 aliphatic carbocycles. The van der Waals surface area contributed by atoms with Crippen LogP contribution in [0.25, 0.3) is 0 Å². The molecule has 0 aromatic heterocycles. The number of aryl methyl sites for hydroxylation is 1. The fraction of sp³-hybridized carbons (Fsp3) is 0.455. The van der Waals surface area contributed by atoms with Gasteiger partial charge in [0.15, 0.2) is 0 Å². The zero-order valence-corrected chi connectivity index (χ0v) is 10.3. The van der Waals surface area contributed by atoms with Gasteiger partial charge in [0, 0.05) is 4.47 Å². The lowest BCUT2D eigenvalue weighted by Gasteiger charge is -2.27. The van der Waals surface area contributed by atoms with Crippen LogP contribution in [0.3, 0.4) is 0 Å². The highest BCUT2D eigenvalue weighted by molar-refractivity contribution is 9.10. The largest absolute Gasteiger partial charge is 0.388 e. The minimum absolute atomic E-state index is 0.361. The third-order valence-corrected chi connectivity index (χ3v) is 2.83. The van der Waals surface area contributed by atoms with Crippen molar-refractivity contribution in [2.24, 2.45) is 5.73 Å². The van der Waals surface area contributed by atoms with Crippen molar-refractivity contribution in [1.29, 1.82) is 0 Å². The molecule has 1 unspecified atom stereocenters. The Kier molecular flexibility index (Phi) is 3.35. The van der Waals surface area contributed by atoms with Gasteiger partial charge in [-0.1, -0.05) is 22.0 Å². The number of hydrogen-bond acceptors (Lipinski definition) is 2.